The minimum absolute atomic E-state index is 0.352. The Labute approximate surface area is 90.9 Å². The molecule has 1 aromatic rings. The molecule has 0 amide bonds. The van der Waals surface area contributed by atoms with E-state index >= 15 is 0 Å². The molecule has 15 heavy (non-hydrogen) atoms. The standard InChI is InChI=1S/C11H20N2O2/c1-4-9-6-10(5-2)13(12-9)7-11(14)8-15-3/h6,11,14H,4-5,7-8H2,1-3H3. The van der Waals surface area contributed by atoms with Crippen molar-refractivity contribution in [2.75, 3.05) is 13.7 Å². The third kappa shape index (κ3) is 3.32. The van der Waals surface area contributed by atoms with Crippen LogP contribution in [0.3, 0.4) is 0 Å². The fourth-order valence-corrected chi connectivity index (χ4v) is 1.58. The Kier molecular flexibility index (Phi) is 4.78. The van der Waals surface area contributed by atoms with E-state index in [0.717, 1.165) is 18.5 Å². The number of aliphatic hydroxyl groups is 1. The van der Waals surface area contributed by atoms with E-state index in [1.165, 1.54) is 5.69 Å². The average Bonchev–Trinajstić information content (AvgIpc) is 2.60. The lowest BCUT2D eigenvalue weighted by Gasteiger charge is -2.11. The molecule has 1 aromatic heterocycles. The molecule has 0 bridgehead atoms. The van der Waals surface area contributed by atoms with Crippen molar-refractivity contribution in [1.82, 2.24) is 9.78 Å². The summed E-state index contributed by atoms with van der Waals surface area (Å²) in [5.74, 6) is 0. The molecule has 0 aliphatic rings. The van der Waals surface area contributed by atoms with Gasteiger partial charge in [0.25, 0.3) is 0 Å². The van der Waals surface area contributed by atoms with E-state index in [2.05, 4.69) is 25.0 Å². The third-order valence-electron chi connectivity index (χ3n) is 2.38. The Morgan fingerprint density at radius 2 is 2.20 bits per heavy atom. The number of hydrogen-bond donors (Lipinski definition) is 1. The average molecular weight is 212 g/mol. The van der Waals surface area contributed by atoms with Crippen LogP contribution in [0.5, 0.6) is 0 Å². The number of rotatable bonds is 6. The molecule has 0 spiro atoms. The number of aliphatic hydroxyl groups excluding tert-OH is 1. The number of hydrogen-bond acceptors (Lipinski definition) is 3. The zero-order valence-corrected chi connectivity index (χ0v) is 9.73. The SMILES string of the molecule is CCc1cc(CC)n(CC(O)COC)n1. The summed E-state index contributed by atoms with van der Waals surface area (Å²) >= 11 is 0. The van der Waals surface area contributed by atoms with Gasteiger partial charge in [0.05, 0.1) is 24.9 Å². The molecular weight excluding hydrogens is 192 g/mol. The summed E-state index contributed by atoms with van der Waals surface area (Å²) in [7, 11) is 1.59. The van der Waals surface area contributed by atoms with Gasteiger partial charge < -0.3 is 9.84 Å². The summed E-state index contributed by atoms with van der Waals surface area (Å²) < 4.78 is 6.77. The van der Waals surface area contributed by atoms with E-state index in [1.54, 1.807) is 7.11 Å². The summed E-state index contributed by atoms with van der Waals surface area (Å²) in [6, 6.07) is 2.10. The van der Waals surface area contributed by atoms with Gasteiger partial charge in [-0.2, -0.15) is 5.10 Å². The molecule has 4 nitrogen and oxygen atoms in total. The highest BCUT2D eigenvalue weighted by molar-refractivity contribution is 5.10. The fraction of sp³-hybridized carbons (Fsp3) is 0.727. The highest BCUT2D eigenvalue weighted by Gasteiger charge is 2.10. The van der Waals surface area contributed by atoms with Crippen molar-refractivity contribution in [2.24, 2.45) is 0 Å². The Hall–Kier alpha value is -0.870. The lowest BCUT2D eigenvalue weighted by molar-refractivity contribution is 0.0508. The minimum atomic E-state index is -0.482. The van der Waals surface area contributed by atoms with Crippen molar-refractivity contribution >= 4 is 0 Å². The zero-order chi connectivity index (χ0) is 11.3. The van der Waals surface area contributed by atoms with Crippen LogP contribution < -0.4 is 0 Å². The Bertz CT molecular complexity index is 297. The van der Waals surface area contributed by atoms with Crippen molar-refractivity contribution < 1.29 is 9.84 Å². The molecule has 0 radical (unpaired) electrons. The second kappa shape index (κ2) is 5.88. The molecule has 0 saturated carbocycles. The number of ether oxygens (including phenoxy) is 1. The van der Waals surface area contributed by atoms with E-state index in [4.69, 9.17) is 4.74 Å². The molecule has 1 atom stereocenters. The first kappa shape index (κ1) is 12.2. The van der Waals surface area contributed by atoms with E-state index < -0.39 is 6.10 Å². The van der Waals surface area contributed by atoms with Gasteiger partial charge in [0.1, 0.15) is 0 Å². The van der Waals surface area contributed by atoms with Gasteiger partial charge in [-0.25, -0.2) is 0 Å². The molecule has 1 heterocycles. The van der Waals surface area contributed by atoms with E-state index in [-0.39, 0.29) is 0 Å². The van der Waals surface area contributed by atoms with Crippen LogP contribution >= 0.6 is 0 Å². The molecule has 0 fully saturated rings. The zero-order valence-electron chi connectivity index (χ0n) is 9.73. The number of aromatic nitrogens is 2. The smallest absolute Gasteiger partial charge is 0.0968 e. The molecule has 0 aliphatic heterocycles. The highest BCUT2D eigenvalue weighted by Crippen LogP contribution is 2.07. The van der Waals surface area contributed by atoms with Gasteiger partial charge in [0, 0.05) is 12.8 Å². The molecule has 1 N–H and O–H groups in total. The van der Waals surface area contributed by atoms with Gasteiger partial charge in [0.2, 0.25) is 0 Å². The lowest BCUT2D eigenvalue weighted by atomic mass is 10.2. The molecule has 0 aliphatic carbocycles. The molecule has 4 heteroatoms. The third-order valence-corrected chi connectivity index (χ3v) is 2.38. The molecule has 86 valence electrons. The largest absolute Gasteiger partial charge is 0.389 e. The highest BCUT2D eigenvalue weighted by atomic mass is 16.5. The monoisotopic (exact) mass is 212 g/mol. The van der Waals surface area contributed by atoms with Crippen molar-refractivity contribution in [1.29, 1.82) is 0 Å². The van der Waals surface area contributed by atoms with Crippen LogP contribution in [-0.2, 0) is 24.1 Å². The van der Waals surface area contributed by atoms with E-state index in [1.807, 2.05) is 4.68 Å². The van der Waals surface area contributed by atoms with Crippen LogP contribution in [0.15, 0.2) is 6.07 Å². The van der Waals surface area contributed by atoms with Gasteiger partial charge in [-0.05, 0) is 18.9 Å². The molecule has 0 saturated heterocycles. The van der Waals surface area contributed by atoms with E-state index in [0.29, 0.717) is 13.2 Å². The maximum Gasteiger partial charge on any atom is 0.0968 e. The number of nitrogens with zero attached hydrogens (tertiary/aromatic N) is 2. The van der Waals surface area contributed by atoms with Gasteiger partial charge >= 0.3 is 0 Å². The van der Waals surface area contributed by atoms with Crippen LogP contribution in [0.1, 0.15) is 25.2 Å². The normalized spacial score (nSPS) is 13.1. The quantitative estimate of drug-likeness (QED) is 0.765. The van der Waals surface area contributed by atoms with Crippen molar-refractivity contribution in [3.05, 3.63) is 17.5 Å². The van der Waals surface area contributed by atoms with Crippen LogP contribution in [0.2, 0.25) is 0 Å². The Balaban J connectivity index is 2.69. The minimum Gasteiger partial charge on any atom is -0.389 e. The lowest BCUT2D eigenvalue weighted by Crippen LogP contribution is -2.23. The first-order valence-electron chi connectivity index (χ1n) is 5.43. The van der Waals surface area contributed by atoms with Gasteiger partial charge in [-0.15, -0.1) is 0 Å². The van der Waals surface area contributed by atoms with Gasteiger partial charge in [-0.1, -0.05) is 13.8 Å². The van der Waals surface area contributed by atoms with Crippen LogP contribution in [0, 0.1) is 0 Å². The molecular formula is C11H20N2O2. The van der Waals surface area contributed by atoms with Crippen molar-refractivity contribution in [3.8, 4) is 0 Å². The van der Waals surface area contributed by atoms with Crippen molar-refractivity contribution in [3.63, 3.8) is 0 Å². The van der Waals surface area contributed by atoms with Crippen LogP contribution in [0.25, 0.3) is 0 Å². The van der Waals surface area contributed by atoms with E-state index in [9.17, 15) is 5.11 Å². The molecule has 1 unspecified atom stereocenters. The number of aryl methyl sites for hydroxylation is 2. The summed E-state index contributed by atoms with van der Waals surface area (Å²) in [4.78, 5) is 0. The summed E-state index contributed by atoms with van der Waals surface area (Å²) in [5.41, 5.74) is 2.25. The fourth-order valence-electron chi connectivity index (χ4n) is 1.58. The van der Waals surface area contributed by atoms with Crippen LogP contribution in [-0.4, -0.2) is 34.7 Å². The summed E-state index contributed by atoms with van der Waals surface area (Å²) in [5, 5.41) is 14.0. The topological polar surface area (TPSA) is 47.3 Å². The predicted octanol–water partition coefficient (Wildman–Crippen LogP) is 1.02. The summed E-state index contributed by atoms with van der Waals surface area (Å²) in [6.45, 7) is 5.04. The Morgan fingerprint density at radius 3 is 2.73 bits per heavy atom. The second-order valence-corrected chi connectivity index (χ2v) is 3.63. The number of methoxy groups -OCH3 is 1. The van der Waals surface area contributed by atoms with Crippen LogP contribution in [0.4, 0.5) is 0 Å². The second-order valence-electron chi connectivity index (χ2n) is 3.63. The maximum atomic E-state index is 9.62. The summed E-state index contributed by atoms with van der Waals surface area (Å²) in [6.07, 6.45) is 1.39. The first-order valence-corrected chi connectivity index (χ1v) is 5.43. The predicted molar refractivity (Wildman–Crippen MR) is 58.9 cm³/mol. The molecule has 1 rings (SSSR count). The maximum absolute atomic E-state index is 9.62. The van der Waals surface area contributed by atoms with Gasteiger partial charge in [-0.3, -0.25) is 4.68 Å². The first-order chi connectivity index (χ1) is 7.21. The van der Waals surface area contributed by atoms with Crippen molar-refractivity contribution in [2.45, 2.75) is 39.3 Å². The molecule has 0 aromatic carbocycles. The Morgan fingerprint density at radius 1 is 1.47 bits per heavy atom. The van der Waals surface area contributed by atoms with Gasteiger partial charge in [0.15, 0.2) is 0 Å².